The third-order valence-electron chi connectivity index (χ3n) is 6.59. The molecule has 1 amide bonds. The number of thiazole rings is 1. The topological polar surface area (TPSA) is 70.6 Å². The highest BCUT2D eigenvalue weighted by Gasteiger charge is 2.32. The predicted octanol–water partition coefficient (Wildman–Crippen LogP) is 5.95. The van der Waals surface area contributed by atoms with Crippen LogP contribution in [0.2, 0.25) is 0 Å². The van der Waals surface area contributed by atoms with Gasteiger partial charge in [-0.15, -0.1) is 0 Å². The second kappa shape index (κ2) is 10.3. The third-order valence-corrected chi connectivity index (χ3v) is 9.48. The lowest BCUT2D eigenvalue weighted by Gasteiger charge is -2.34. The Hall–Kier alpha value is -3.14. The number of para-hydroxylation sites is 1. The van der Waals surface area contributed by atoms with Crippen LogP contribution in [0.3, 0.4) is 0 Å². The zero-order valence-corrected chi connectivity index (χ0v) is 22.3. The molecule has 0 bridgehead atoms. The minimum Gasteiger partial charge on any atom is -0.279 e. The lowest BCUT2D eigenvalue weighted by Crippen LogP contribution is -2.42. The number of amides is 1. The van der Waals surface area contributed by atoms with E-state index in [0.29, 0.717) is 40.3 Å². The monoisotopic (exact) mass is 537 g/mol. The van der Waals surface area contributed by atoms with E-state index in [-0.39, 0.29) is 22.9 Å². The summed E-state index contributed by atoms with van der Waals surface area (Å²) in [6.45, 7) is 5.35. The molecule has 1 aliphatic heterocycles. The van der Waals surface area contributed by atoms with Gasteiger partial charge in [-0.2, -0.15) is 4.31 Å². The molecule has 1 aliphatic rings. The summed E-state index contributed by atoms with van der Waals surface area (Å²) in [4.78, 5) is 19.8. The number of rotatable bonds is 6. The number of carbonyl (C=O) groups excluding carboxylic acids is 1. The van der Waals surface area contributed by atoms with Gasteiger partial charge >= 0.3 is 0 Å². The number of carbonyl (C=O) groups is 1. The van der Waals surface area contributed by atoms with Crippen LogP contribution in [0.5, 0.6) is 0 Å². The Morgan fingerprint density at radius 2 is 1.68 bits per heavy atom. The van der Waals surface area contributed by atoms with Gasteiger partial charge in [0.05, 0.1) is 16.1 Å². The summed E-state index contributed by atoms with van der Waals surface area (Å²) in [5.74, 6) is -0.190. The minimum atomic E-state index is -3.66. The number of sulfonamides is 1. The Balaban J connectivity index is 1.46. The molecule has 5 rings (SSSR count). The van der Waals surface area contributed by atoms with Gasteiger partial charge in [-0.1, -0.05) is 61.6 Å². The molecule has 4 aromatic rings. The number of piperidine rings is 1. The second-order valence-electron chi connectivity index (χ2n) is 9.75. The van der Waals surface area contributed by atoms with E-state index >= 15 is 0 Å². The van der Waals surface area contributed by atoms with Crippen LogP contribution in [-0.4, -0.2) is 36.7 Å². The van der Waals surface area contributed by atoms with E-state index in [1.54, 1.807) is 16.4 Å². The van der Waals surface area contributed by atoms with E-state index < -0.39 is 15.8 Å². The molecule has 2 heterocycles. The molecule has 6 nitrogen and oxygen atoms in total. The van der Waals surface area contributed by atoms with Crippen molar-refractivity contribution >= 4 is 42.6 Å². The molecule has 0 aliphatic carbocycles. The van der Waals surface area contributed by atoms with E-state index in [1.165, 1.54) is 46.6 Å². The van der Waals surface area contributed by atoms with Crippen molar-refractivity contribution in [1.29, 1.82) is 0 Å². The van der Waals surface area contributed by atoms with Gasteiger partial charge in [-0.3, -0.25) is 9.69 Å². The van der Waals surface area contributed by atoms with Gasteiger partial charge in [-0.05, 0) is 60.2 Å². The van der Waals surface area contributed by atoms with Crippen LogP contribution in [0, 0.1) is 17.7 Å². The number of aromatic nitrogens is 1. The second-order valence-corrected chi connectivity index (χ2v) is 12.7. The van der Waals surface area contributed by atoms with E-state index in [9.17, 15) is 17.6 Å². The van der Waals surface area contributed by atoms with Crippen LogP contribution in [0.1, 0.15) is 36.2 Å². The van der Waals surface area contributed by atoms with Crippen molar-refractivity contribution < 1.29 is 17.6 Å². The first kappa shape index (κ1) is 25.5. The van der Waals surface area contributed by atoms with E-state index in [2.05, 4.69) is 18.8 Å². The third kappa shape index (κ3) is 5.30. The molecule has 2 atom stereocenters. The quantitative estimate of drug-likeness (QED) is 0.305. The highest BCUT2D eigenvalue weighted by atomic mass is 32.2. The number of hydrogen-bond acceptors (Lipinski definition) is 5. The van der Waals surface area contributed by atoms with Crippen molar-refractivity contribution in [2.75, 3.05) is 18.0 Å². The van der Waals surface area contributed by atoms with E-state index in [0.717, 1.165) is 12.0 Å². The van der Waals surface area contributed by atoms with Crippen LogP contribution in [0.15, 0.2) is 77.7 Å². The first-order valence-corrected chi connectivity index (χ1v) is 14.5. The fraction of sp³-hybridized carbons (Fsp3) is 0.286. The predicted molar refractivity (Wildman–Crippen MR) is 145 cm³/mol. The van der Waals surface area contributed by atoms with Gasteiger partial charge in [0.15, 0.2) is 5.13 Å². The summed E-state index contributed by atoms with van der Waals surface area (Å²) in [7, 11) is -3.66. The zero-order chi connectivity index (χ0) is 26.2. The van der Waals surface area contributed by atoms with Gasteiger partial charge < -0.3 is 0 Å². The van der Waals surface area contributed by atoms with Crippen molar-refractivity contribution in [3.05, 3.63) is 89.7 Å². The van der Waals surface area contributed by atoms with Gasteiger partial charge in [-0.25, -0.2) is 17.8 Å². The van der Waals surface area contributed by atoms with Crippen molar-refractivity contribution in [1.82, 2.24) is 9.29 Å². The fourth-order valence-electron chi connectivity index (χ4n) is 4.89. The van der Waals surface area contributed by atoms with Gasteiger partial charge in [0, 0.05) is 18.7 Å². The maximum Gasteiger partial charge on any atom is 0.260 e. The van der Waals surface area contributed by atoms with Crippen molar-refractivity contribution in [3.8, 4) is 0 Å². The molecular formula is C28H28FN3O3S2. The average Bonchev–Trinajstić information content (AvgIpc) is 3.32. The van der Waals surface area contributed by atoms with Crippen LogP contribution in [-0.2, 0) is 16.6 Å². The number of nitrogens with zero attached hydrogens (tertiary/aromatic N) is 3. The molecule has 1 aromatic heterocycles. The fourth-order valence-corrected chi connectivity index (χ4v) is 7.54. The van der Waals surface area contributed by atoms with Crippen LogP contribution >= 0.6 is 11.3 Å². The van der Waals surface area contributed by atoms with Crippen molar-refractivity contribution in [3.63, 3.8) is 0 Å². The average molecular weight is 538 g/mol. The largest absolute Gasteiger partial charge is 0.279 e. The Labute approximate surface area is 220 Å². The molecule has 2 unspecified atom stereocenters. The number of benzene rings is 3. The molecule has 0 N–H and O–H groups in total. The molecule has 0 spiro atoms. The standard InChI is InChI=1S/C28H28FN3O3S2/c1-19-15-20(2)17-31(16-19)37(34,35)23-13-11-22(12-14-23)27(33)32(18-21-7-4-3-5-8-21)28-30-26-24(29)9-6-10-25(26)36-28/h3-14,19-20H,15-18H2,1-2H3. The molecule has 3 aromatic carbocycles. The molecule has 1 fully saturated rings. The highest BCUT2D eigenvalue weighted by Crippen LogP contribution is 2.32. The maximum atomic E-state index is 14.4. The number of anilines is 1. The van der Waals surface area contributed by atoms with Crippen molar-refractivity contribution in [2.24, 2.45) is 11.8 Å². The molecule has 0 saturated carbocycles. The highest BCUT2D eigenvalue weighted by molar-refractivity contribution is 7.89. The normalized spacial score (nSPS) is 18.7. The number of fused-ring (bicyclic) bond motifs is 1. The Bertz CT molecular complexity index is 1510. The lowest BCUT2D eigenvalue weighted by molar-refractivity contribution is 0.0985. The summed E-state index contributed by atoms with van der Waals surface area (Å²) in [6.07, 6.45) is 1.01. The molecule has 9 heteroatoms. The van der Waals surface area contributed by atoms with Crippen molar-refractivity contribution in [2.45, 2.75) is 31.7 Å². The minimum absolute atomic E-state index is 0.169. The Morgan fingerprint density at radius 3 is 2.32 bits per heavy atom. The summed E-state index contributed by atoms with van der Waals surface area (Å²) in [6, 6.07) is 20.3. The summed E-state index contributed by atoms with van der Waals surface area (Å²) < 4.78 is 43.1. The number of hydrogen-bond donors (Lipinski definition) is 0. The number of halogens is 1. The zero-order valence-electron chi connectivity index (χ0n) is 20.7. The lowest BCUT2D eigenvalue weighted by atomic mass is 9.94. The molecular weight excluding hydrogens is 509 g/mol. The maximum absolute atomic E-state index is 14.4. The van der Waals surface area contributed by atoms with Gasteiger partial charge in [0.2, 0.25) is 10.0 Å². The first-order valence-electron chi connectivity index (χ1n) is 12.2. The molecule has 1 saturated heterocycles. The first-order chi connectivity index (χ1) is 17.7. The van der Waals surface area contributed by atoms with Crippen LogP contribution < -0.4 is 4.90 Å². The summed E-state index contributed by atoms with van der Waals surface area (Å²) in [5, 5.41) is 0.377. The summed E-state index contributed by atoms with van der Waals surface area (Å²) in [5.41, 5.74) is 1.44. The van der Waals surface area contributed by atoms with Crippen LogP contribution in [0.4, 0.5) is 9.52 Å². The molecule has 192 valence electrons. The Kier molecular flexibility index (Phi) is 7.11. The Morgan fingerprint density at radius 1 is 1.00 bits per heavy atom. The SMILES string of the molecule is CC1CC(C)CN(S(=O)(=O)c2ccc(C(=O)N(Cc3ccccc3)c3nc4c(F)cccc4s3)cc2)C1. The van der Waals surface area contributed by atoms with Gasteiger partial charge in [0.1, 0.15) is 11.3 Å². The van der Waals surface area contributed by atoms with Crippen LogP contribution in [0.25, 0.3) is 10.2 Å². The summed E-state index contributed by atoms with van der Waals surface area (Å²) >= 11 is 1.24. The van der Waals surface area contributed by atoms with Gasteiger partial charge in [0.25, 0.3) is 5.91 Å². The molecule has 0 radical (unpaired) electrons. The van der Waals surface area contributed by atoms with E-state index in [1.807, 2.05) is 30.3 Å². The van der Waals surface area contributed by atoms with E-state index in [4.69, 9.17) is 0 Å². The smallest absolute Gasteiger partial charge is 0.260 e. The molecule has 37 heavy (non-hydrogen) atoms.